The van der Waals surface area contributed by atoms with Crippen LogP contribution in [-0.4, -0.2) is 40.9 Å². The summed E-state index contributed by atoms with van der Waals surface area (Å²) >= 11 is 0. The molecular formula is C9H15NO3. The molecule has 0 aromatic rings. The first kappa shape index (κ1) is 8.81. The molecule has 1 aliphatic heterocycles. The summed E-state index contributed by atoms with van der Waals surface area (Å²) in [4.78, 5) is 12.1. The predicted octanol–water partition coefficient (Wildman–Crippen LogP) is 0.615. The van der Waals surface area contributed by atoms with Gasteiger partial charge in [0.25, 0.3) is 0 Å². The van der Waals surface area contributed by atoms with Crippen molar-refractivity contribution in [2.45, 2.75) is 12.8 Å². The van der Waals surface area contributed by atoms with Crippen molar-refractivity contribution in [3.05, 3.63) is 0 Å². The molecule has 0 spiro atoms. The van der Waals surface area contributed by atoms with Crippen molar-refractivity contribution in [1.82, 2.24) is 4.90 Å². The van der Waals surface area contributed by atoms with Gasteiger partial charge in [0.05, 0.1) is 0 Å². The van der Waals surface area contributed by atoms with Crippen LogP contribution in [0.15, 0.2) is 0 Å². The van der Waals surface area contributed by atoms with Crippen LogP contribution in [0.3, 0.4) is 0 Å². The minimum atomic E-state index is -0.846. The van der Waals surface area contributed by atoms with Gasteiger partial charge in [0.2, 0.25) is 0 Å². The number of amides is 1. The van der Waals surface area contributed by atoms with Crippen molar-refractivity contribution in [2.75, 3.05) is 19.7 Å². The molecule has 0 aromatic heterocycles. The summed E-state index contributed by atoms with van der Waals surface area (Å²) in [7, 11) is 0. The Kier molecular flexibility index (Phi) is 2.15. The zero-order valence-corrected chi connectivity index (χ0v) is 7.52. The molecule has 2 fully saturated rings. The van der Waals surface area contributed by atoms with E-state index in [0.29, 0.717) is 24.9 Å². The van der Waals surface area contributed by atoms with Crippen LogP contribution in [0.2, 0.25) is 0 Å². The maximum absolute atomic E-state index is 10.7. The molecule has 74 valence electrons. The molecule has 2 N–H and O–H groups in total. The summed E-state index contributed by atoms with van der Waals surface area (Å²) < 4.78 is 0. The molecule has 1 saturated carbocycles. The van der Waals surface area contributed by atoms with Gasteiger partial charge in [-0.2, -0.15) is 0 Å². The minimum Gasteiger partial charge on any atom is -0.465 e. The highest BCUT2D eigenvalue weighted by molar-refractivity contribution is 5.65. The molecule has 2 aliphatic rings. The van der Waals surface area contributed by atoms with Gasteiger partial charge in [-0.15, -0.1) is 0 Å². The van der Waals surface area contributed by atoms with Crippen molar-refractivity contribution in [3.63, 3.8) is 0 Å². The summed E-state index contributed by atoms with van der Waals surface area (Å²) in [6.07, 6.45) is 1.59. The first-order valence-electron chi connectivity index (χ1n) is 4.81. The SMILES string of the molecule is O=C(O)N1C[C@@H](CO)[C@H](C2CC2)C1. The summed E-state index contributed by atoms with van der Waals surface area (Å²) in [5.41, 5.74) is 0. The lowest BCUT2D eigenvalue weighted by Crippen LogP contribution is -2.27. The van der Waals surface area contributed by atoms with Crippen LogP contribution < -0.4 is 0 Å². The number of aliphatic hydroxyl groups is 1. The number of rotatable bonds is 2. The molecule has 0 bridgehead atoms. The monoisotopic (exact) mass is 185 g/mol. The van der Waals surface area contributed by atoms with E-state index in [1.54, 1.807) is 0 Å². The Labute approximate surface area is 77.2 Å². The maximum Gasteiger partial charge on any atom is 0.407 e. The first-order valence-corrected chi connectivity index (χ1v) is 4.81. The van der Waals surface area contributed by atoms with Gasteiger partial charge < -0.3 is 15.1 Å². The molecule has 1 heterocycles. The Morgan fingerprint density at radius 2 is 2.08 bits per heavy atom. The normalized spacial score (nSPS) is 33.8. The van der Waals surface area contributed by atoms with Crippen LogP contribution in [0.25, 0.3) is 0 Å². The Bertz CT molecular complexity index is 215. The van der Waals surface area contributed by atoms with Crippen molar-refractivity contribution >= 4 is 6.09 Å². The molecule has 0 radical (unpaired) electrons. The van der Waals surface area contributed by atoms with Crippen LogP contribution in [0.5, 0.6) is 0 Å². The summed E-state index contributed by atoms with van der Waals surface area (Å²) in [6.45, 7) is 1.28. The van der Waals surface area contributed by atoms with Gasteiger partial charge in [0.15, 0.2) is 0 Å². The Balaban J connectivity index is 1.98. The molecule has 1 aliphatic carbocycles. The van der Waals surface area contributed by atoms with E-state index in [0.717, 1.165) is 0 Å². The van der Waals surface area contributed by atoms with Gasteiger partial charge in [-0.25, -0.2) is 4.79 Å². The molecule has 0 unspecified atom stereocenters. The van der Waals surface area contributed by atoms with Crippen molar-refractivity contribution in [3.8, 4) is 0 Å². The molecular weight excluding hydrogens is 170 g/mol. The standard InChI is InChI=1S/C9H15NO3/c11-5-7-3-10(9(12)13)4-8(7)6-1-2-6/h6-8,11H,1-5H2,(H,12,13)/t7-,8-/m0/s1. The molecule has 0 aromatic carbocycles. The van der Waals surface area contributed by atoms with Gasteiger partial charge in [0, 0.05) is 25.6 Å². The van der Waals surface area contributed by atoms with Gasteiger partial charge in [0.1, 0.15) is 0 Å². The molecule has 2 atom stereocenters. The maximum atomic E-state index is 10.7. The summed E-state index contributed by atoms with van der Waals surface area (Å²) in [5, 5.41) is 17.9. The van der Waals surface area contributed by atoms with Crippen LogP contribution in [0, 0.1) is 17.8 Å². The van der Waals surface area contributed by atoms with E-state index in [2.05, 4.69) is 0 Å². The van der Waals surface area contributed by atoms with Crippen LogP contribution in [-0.2, 0) is 0 Å². The lowest BCUT2D eigenvalue weighted by molar-refractivity contribution is 0.150. The fourth-order valence-electron chi connectivity index (χ4n) is 2.30. The molecule has 1 saturated heterocycles. The van der Waals surface area contributed by atoms with E-state index < -0.39 is 6.09 Å². The fourth-order valence-corrected chi connectivity index (χ4v) is 2.30. The van der Waals surface area contributed by atoms with Crippen LogP contribution in [0.4, 0.5) is 4.79 Å². The number of carbonyl (C=O) groups is 1. The number of carboxylic acid groups (broad SMARTS) is 1. The Morgan fingerprint density at radius 3 is 2.54 bits per heavy atom. The second kappa shape index (κ2) is 3.18. The molecule has 2 rings (SSSR count). The zero-order valence-electron chi connectivity index (χ0n) is 7.52. The largest absolute Gasteiger partial charge is 0.465 e. The average Bonchev–Trinajstić information content (AvgIpc) is 2.84. The smallest absolute Gasteiger partial charge is 0.407 e. The Morgan fingerprint density at radius 1 is 1.38 bits per heavy atom. The zero-order chi connectivity index (χ0) is 9.42. The second-order valence-electron chi connectivity index (χ2n) is 4.13. The predicted molar refractivity (Wildman–Crippen MR) is 46.4 cm³/mol. The topological polar surface area (TPSA) is 60.8 Å². The van der Waals surface area contributed by atoms with E-state index in [1.165, 1.54) is 17.7 Å². The third-order valence-electron chi connectivity index (χ3n) is 3.22. The quantitative estimate of drug-likeness (QED) is 0.662. The van der Waals surface area contributed by atoms with Gasteiger partial charge in [-0.3, -0.25) is 0 Å². The molecule has 13 heavy (non-hydrogen) atoms. The van der Waals surface area contributed by atoms with E-state index in [4.69, 9.17) is 10.2 Å². The fraction of sp³-hybridized carbons (Fsp3) is 0.889. The van der Waals surface area contributed by atoms with E-state index in [-0.39, 0.29) is 12.5 Å². The third kappa shape index (κ3) is 1.63. The molecule has 1 amide bonds. The lowest BCUT2D eigenvalue weighted by atomic mass is 9.92. The van der Waals surface area contributed by atoms with Gasteiger partial charge in [-0.1, -0.05) is 0 Å². The van der Waals surface area contributed by atoms with Crippen molar-refractivity contribution in [2.24, 2.45) is 17.8 Å². The lowest BCUT2D eigenvalue weighted by Gasteiger charge is -2.13. The number of hydrogen-bond acceptors (Lipinski definition) is 2. The number of nitrogens with zero attached hydrogens (tertiary/aromatic N) is 1. The highest BCUT2D eigenvalue weighted by atomic mass is 16.4. The third-order valence-corrected chi connectivity index (χ3v) is 3.22. The number of hydrogen-bond donors (Lipinski definition) is 2. The molecule has 4 nitrogen and oxygen atoms in total. The van der Waals surface area contributed by atoms with Crippen molar-refractivity contribution in [1.29, 1.82) is 0 Å². The first-order chi connectivity index (χ1) is 6.22. The Hall–Kier alpha value is -0.770. The summed E-state index contributed by atoms with van der Waals surface area (Å²) in [5.74, 6) is 1.28. The minimum absolute atomic E-state index is 0.130. The average molecular weight is 185 g/mol. The highest BCUT2D eigenvalue weighted by Gasteiger charge is 2.43. The highest BCUT2D eigenvalue weighted by Crippen LogP contribution is 2.43. The van der Waals surface area contributed by atoms with Gasteiger partial charge in [-0.05, 0) is 24.7 Å². The number of likely N-dealkylation sites (tertiary alicyclic amines) is 1. The van der Waals surface area contributed by atoms with Crippen LogP contribution in [0.1, 0.15) is 12.8 Å². The van der Waals surface area contributed by atoms with Gasteiger partial charge >= 0.3 is 6.09 Å². The second-order valence-corrected chi connectivity index (χ2v) is 4.13. The van der Waals surface area contributed by atoms with Crippen LogP contribution >= 0.6 is 0 Å². The van der Waals surface area contributed by atoms with E-state index in [9.17, 15) is 4.79 Å². The number of aliphatic hydroxyl groups excluding tert-OH is 1. The van der Waals surface area contributed by atoms with E-state index in [1.807, 2.05) is 0 Å². The summed E-state index contributed by atoms with van der Waals surface area (Å²) in [6, 6.07) is 0. The van der Waals surface area contributed by atoms with E-state index >= 15 is 0 Å². The van der Waals surface area contributed by atoms with Crippen molar-refractivity contribution < 1.29 is 15.0 Å². The molecule has 4 heteroatoms.